The van der Waals surface area contributed by atoms with Crippen LogP contribution in [-0.2, 0) is 0 Å². The fourth-order valence-corrected chi connectivity index (χ4v) is 3.75. The van der Waals surface area contributed by atoms with Crippen LogP contribution in [0.5, 0.6) is 0 Å². The van der Waals surface area contributed by atoms with E-state index in [0.717, 1.165) is 17.4 Å². The van der Waals surface area contributed by atoms with Gasteiger partial charge in [-0.25, -0.2) is 0 Å². The van der Waals surface area contributed by atoms with E-state index < -0.39 is 0 Å². The van der Waals surface area contributed by atoms with Crippen molar-refractivity contribution >= 4 is 38.0 Å². The van der Waals surface area contributed by atoms with Gasteiger partial charge >= 0.3 is 0 Å². The molecule has 0 bridgehead atoms. The number of fused-ring (bicyclic) bond motifs is 1. The Labute approximate surface area is 138 Å². The molecule has 0 amide bonds. The molecule has 0 fully saturated rings. The van der Waals surface area contributed by atoms with Crippen molar-refractivity contribution in [1.29, 1.82) is 0 Å². The van der Waals surface area contributed by atoms with Crippen molar-refractivity contribution in [3.63, 3.8) is 0 Å². The van der Waals surface area contributed by atoms with Gasteiger partial charge in [0.1, 0.15) is 0 Å². The normalized spacial score (nSPS) is 12.7. The Morgan fingerprint density at radius 2 is 1.90 bits per heavy atom. The Balaban J connectivity index is 2.00. The van der Waals surface area contributed by atoms with E-state index in [1.165, 1.54) is 21.2 Å². The van der Waals surface area contributed by atoms with Gasteiger partial charge in [0, 0.05) is 9.35 Å². The minimum Gasteiger partial charge on any atom is -0.306 e. The highest BCUT2D eigenvalue weighted by atomic mass is 79.9. The van der Waals surface area contributed by atoms with E-state index in [4.69, 9.17) is 0 Å². The van der Waals surface area contributed by atoms with Crippen LogP contribution in [0.1, 0.15) is 29.8 Å². The first-order valence-electron chi connectivity index (χ1n) is 7.24. The Morgan fingerprint density at radius 3 is 2.67 bits per heavy atom. The van der Waals surface area contributed by atoms with E-state index in [0.29, 0.717) is 0 Å². The zero-order chi connectivity index (χ0) is 14.7. The number of hydrogen-bond donors (Lipinski definition) is 1. The molecule has 0 aliphatic carbocycles. The minimum absolute atomic E-state index is 0.290. The van der Waals surface area contributed by atoms with Crippen molar-refractivity contribution in [1.82, 2.24) is 5.32 Å². The maximum Gasteiger partial charge on any atom is 0.0671 e. The highest BCUT2D eigenvalue weighted by Gasteiger charge is 2.14. The largest absolute Gasteiger partial charge is 0.306 e. The van der Waals surface area contributed by atoms with Gasteiger partial charge in [0.15, 0.2) is 0 Å². The van der Waals surface area contributed by atoms with Gasteiger partial charge in [-0.1, -0.05) is 47.1 Å². The molecule has 2 aromatic carbocycles. The SMILES string of the molecule is CCCNC(c1ccc2cc(Br)ccc2c1)c1cccs1. The highest BCUT2D eigenvalue weighted by molar-refractivity contribution is 9.10. The first kappa shape index (κ1) is 14.8. The van der Waals surface area contributed by atoms with Crippen LogP contribution in [0, 0.1) is 0 Å². The molecule has 1 nitrogen and oxygen atoms in total. The average Bonchev–Trinajstić information content (AvgIpc) is 3.02. The number of hydrogen-bond acceptors (Lipinski definition) is 2. The average molecular weight is 360 g/mol. The lowest BCUT2D eigenvalue weighted by molar-refractivity contribution is 0.606. The van der Waals surface area contributed by atoms with Crippen LogP contribution in [0.25, 0.3) is 10.8 Å². The maximum atomic E-state index is 3.67. The summed E-state index contributed by atoms with van der Waals surface area (Å²) >= 11 is 5.35. The molecule has 1 atom stereocenters. The Hall–Kier alpha value is -1.16. The molecule has 0 spiro atoms. The first-order chi connectivity index (χ1) is 10.3. The summed E-state index contributed by atoms with van der Waals surface area (Å²) in [6.07, 6.45) is 1.14. The molecule has 0 saturated carbocycles. The maximum absolute atomic E-state index is 3.67. The van der Waals surface area contributed by atoms with Gasteiger partial charge in [-0.15, -0.1) is 11.3 Å². The molecular weight excluding hydrogens is 342 g/mol. The molecule has 3 heteroatoms. The second kappa shape index (κ2) is 6.73. The standard InChI is InChI=1S/C18H18BrNS/c1-2-9-20-18(17-4-3-10-21-17)15-6-5-14-12-16(19)8-7-13(14)11-15/h3-8,10-12,18,20H,2,9H2,1H3. The van der Waals surface area contributed by atoms with Crippen LogP contribution in [0.2, 0.25) is 0 Å². The van der Waals surface area contributed by atoms with Crippen LogP contribution < -0.4 is 5.32 Å². The topological polar surface area (TPSA) is 12.0 Å². The molecule has 3 rings (SSSR count). The zero-order valence-corrected chi connectivity index (χ0v) is 14.4. The summed E-state index contributed by atoms with van der Waals surface area (Å²) in [7, 11) is 0. The van der Waals surface area contributed by atoms with E-state index in [1.54, 1.807) is 0 Å². The van der Waals surface area contributed by atoms with Crippen molar-refractivity contribution in [3.05, 3.63) is 68.8 Å². The van der Waals surface area contributed by atoms with Gasteiger partial charge in [0.25, 0.3) is 0 Å². The van der Waals surface area contributed by atoms with Crippen molar-refractivity contribution in [2.45, 2.75) is 19.4 Å². The summed E-state index contributed by atoms with van der Waals surface area (Å²) in [5.41, 5.74) is 1.33. The minimum atomic E-state index is 0.290. The lowest BCUT2D eigenvalue weighted by atomic mass is 10.0. The summed E-state index contributed by atoms with van der Waals surface area (Å²) in [6.45, 7) is 3.23. The summed E-state index contributed by atoms with van der Waals surface area (Å²) < 4.78 is 1.13. The van der Waals surface area contributed by atoms with Crippen molar-refractivity contribution < 1.29 is 0 Å². The molecule has 1 heterocycles. The molecule has 1 N–H and O–H groups in total. The molecule has 1 aromatic heterocycles. The van der Waals surface area contributed by atoms with Crippen LogP contribution in [0.4, 0.5) is 0 Å². The third-order valence-corrected chi connectivity index (χ3v) is 5.02. The van der Waals surface area contributed by atoms with Crippen LogP contribution in [-0.4, -0.2) is 6.54 Å². The Morgan fingerprint density at radius 1 is 1.10 bits per heavy atom. The number of thiophene rings is 1. The van der Waals surface area contributed by atoms with Gasteiger partial charge in [-0.05, 0) is 58.9 Å². The van der Waals surface area contributed by atoms with Gasteiger partial charge < -0.3 is 5.32 Å². The second-order valence-corrected chi connectivity index (χ2v) is 7.05. The molecule has 3 aromatic rings. The van der Waals surface area contributed by atoms with E-state index in [9.17, 15) is 0 Å². The van der Waals surface area contributed by atoms with Crippen LogP contribution in [0.15, 0.2) is 58.4 Å². The number of rotatable bonds is 5. The Kier molecular flexibility index (Phi) is 4.73. The van der Waals surface area contributed by atoms with Gasteiger partial charge in [0.2, 0.25) is 0 Å². The lowest BCUT2D eigenvalue weighted by Crippen LogP contribution is -2.22. The predicted octanol–water partition coefficient (Wildman–Crippen LogP) is 5.75. The monoisotopic (exact) mass is 359 g/mol. The van der Waals surface area contributed by atoms with Crippen molar-refractivity contribution in [2.24, 2.45) is 0 Å². The molecule has 0 aliphatic rings. The Bertz CT molecular complexity index is 721. The molecule has 108 valence electrons. The number of nitrogens with one attached hydrogen (secondary N) is 1. The third kappa shape index (κ3) is 3.37. The van der Waals surface area contributed by atoms with Crippen molar-refractivity contribution in [2.75, 3.05) is 6.54 Å². The van der Waals surface area contributed by atoms with E-state index in [-0.39, 0.29) is 6.04 Å². The van der Waals surface area contributed by atoms with E-state index in [1.807, 2.05) is 11.3 Å². The van der Waals surface area contributed by atoms with Crippen molar-refractivity contribution in [3.8, 4) is 0 Å². The number of halogens is 1. The molecule has 1 unspecified atom stereocenters. The summed E-state index contributed by atoms with van der Waals surface area (Å²) in [4.78, 5) is 1.37. The second-order valence-electron chi connectivity index (χ2n) is 5.15. The third-order valence-electron chi connectivity index (χ3n) is 3.59. The fourth-order valence-electron chi connectivity index (χ4n) is 2.54. The lowest BCUT2D eigenvalue weighted by Gasteiger charge is -2.18. The van der Waals surface area contributed by atoms with Crippen LogP contribution >= 0.6 is 27.3 Å². The number of benzene rings is 2. The molecule has 0 aliphatic heterocycles. The molecule has 0 radical (unpaired) electrons. The predicted molar refractivity (Wildman–Crippen MR) is 96.1 cm³/mol. The molecular formula is C18H18BrNS. The first-order valence-corrected chi connectivity index (χ1v) is 8.91. The molecule has 21 heavy (non-hydrogen) atoms. The quantitative estimate of drug-likeness (QED) is 0.611. The van der Waals surface area contributed by atoms with Gasteiger partial charge in [-0.3, -0.25) is 0 Å². The smallest absolute Gasteiger partial charge is 0.0671 e. The zero-order valence-electron chi connectivity index (χ0n) is 12.0. The van der Waals surface area contributed by atoms with Crippen LogP contribution in [0.3, 0.4) is 0 Å². The summed E-state index contributed by atoms with van der Waals surface area (Å²) in [5, 5.41) is 8.37. The highest BCUT2D eigenvalue weighted by Crippen LogP contribution is 2.29. The van der Waals surface area contributed by atoms with Gasteiger partial charge in [-0.2, -0.15) is 0 Å². The fraction of sp³-hybridized carbons (Fsp3) is 0.222. The summed E-state index contributed by atoms with van der Waals surface area (Å²) in [6, 6.07) is 17.8. The van der Waals surface area contributed by atoms with Gasteiger partial charge in [0.05, 0.1) is 6.04 Å². The van der Waals surface area contributed by atoms with E-state index in [2.05, 4.69) is 82.1 Å². The van der Waals surface area contributed by atoms with E-state index >= 15 is 0 Å². The summed E-state index contributed by atoms with van der Waals surface area (Å²) in [5.74, 6) is 0. The molecule has 0 saturated heterocycles.